The number of carbonyl (C=O) groups is 1. The highest BCUT2D eigenvalue weighted by atomic mass is 32.2. The van der Waals surface area contributed by atoms with Crippen molar-refractivity contribution in [1.82, 2.24) is 5.32 Å². The molecule has 120 valence electrons. The first-order chi connectivity index (χ1) is 11.7. The molecule has 2 aromatic carbocycles. The summed E-state index contributed by atoms with van der Waals surface area (Å²) in [4.78, 5) is 17.4. The van der Waals surface area contributed by atoms with Crippen LogP contribution in [0, 0.1) is 6.92 Å². The Morgan fingerprint density at radius 2 is 2.12 bits per heavy atom. The molecule has 0 aromatic heterocycles. The molecule has 0 radical (unpaired) electrons. The zero-order chi connectivity index (χ0) is 16.5. The third kappa shape index (κ3) is 2.95. The van der Waals surface area contributed by atoms with Crippen LogP contribution in [0.5, 0.6) is 5.75 Å². The predicted molar refractivity (Wildman–Crippen MR) is 97.6 cm³/mol. The zero-order valence-electron chi connectivity index (χ0n) is 13.2. The number of aryl methyl sites for hydroxylation is 1. The molecule has 1 saturated heterocycles. The van der Waals surface area contributed by atoms with Gasteiger partial charge in [0.25, 0.3) is 5.91 Å². The van der Waals surface area contributed by atoms with Crippen molar-refractivity contribution in [2.24, 2.45) is 4.99 Å². The van der Waals surface area contributed by atoms with Crippen molar-refractivity contribution < 1.29 is 9.53 Å². The summed E-state index contributed by atoms with van der Waals surface area (Å²) in [5.41, 5.74) is 4.16. The summed E-state index contributed by atoms with van der Waals surface area (Å²) in [5.74, 6) is 0.839. The number of amidine groups is 1. The third-order valence-electron chi connectivity index (χ3n) is 4.00. The fraction of sp³-hybridized carbons (Fsp3) is 0.158. The molecule has 4 nitrogen and oxygen atoms in total. The lowest BCUT2D eigenvalue weighted by molar-refractivity contribution is -0.115. The first-order valence-electron chi connectivity index (χ1n) is 7.80. The molecule has 2 aliphatic heterocycles. The minimum atomic E-state index is -0.107. The number of aliphatic imine (C=N–C) groups is 1. The molecule has 2 aromatic rings. The number of para-hydroxylation sites is 1. The van der Waals surface area contributed by atoms with E-state index in [0.717, 1.165) is 35.6 Å². The maximum Gasteiger partial charge on any atom is 0.264 e. The molecule has 0 unspecified atom stereocenters. The molecule has 0 atom stereocenters. The van der Waals surface area contributed by atoms with Crippen molar-refractivity contribution in [1.29, 1.82) is 0 Å². The van der Waals surface area contributed by atoms with Gasteiger partial charge in [0.05, 0.1) is 17.2 Å². The van der Waals surface area contributed by atoms with Crippen LogP contribution in [0.1, 0.15) is 16.7 Å². The van der Waals surface area contributed by atoms with Gasteiger partial charge in [-0.3, -0.25) is 4.79 Å². The number of carbonyl (C=O) groups excluding carboxylic acids is 1. The minimum absolute atomic E-state index is 0.107. The van der Waals surface area contributed by atoms with Crippen molar-refractivity contribution >= 4 is 34.6 Å². The van der Waals surface area contributed by atoms with Gasteiger partial charge in [0, 0.05) is 6.42 Å². The van der Waals surface area contributed by atoms with E-state index in [-0.39, 0.29) is 5.91 Å². The van der Waals surface area contributed by atoms with Gasteiger partial charge in [-0.25, -0.2) is 4.99 Å². The van der Waals surface area contributed by atoms with Crippen LogP contribution in [0.2, 0.25) is 0 Å². The van der Waals surface area contributed by atoms with Crippen LogP contribution in [0.3, 0.4) is 0 Å². The molecule has 1 fully saturated rings. The van der Waals surface area contributed by atoms with E-state index in [0.29, 0.717) is 10.1 Å². The van der Waals surface area contributed by atoms with Gasteiger partial charge in [-0.2, -0.15) is 0 Å². The Bertz CT molecular complexity index is 887. The molecular weight excluding hydrogens is 320 g/mol. The number of amides is 1. The van der Waals surface area contributed by atoms with Crippen LogP contribution in [-0.2, 0) is 11.2 Å². The lowest BCUT2D eigenvalue weighted by Crippen LogP contribution is -2.19. The monoisotopic (exact) mass is 336 g/mol. The number of nitrogens with zero attached hydrogens (tertiary/aromatic N) is 1. The second kappa shape index (κ2) is 6.17. The van der Waals surface area contributed by atoms with Crippen LogP contribution in [0.15, 0.2) is 52.4 Å². The van der Waals surface area contributed by atoms with Gasteiger partial charge in [0.1, 0.15) is 5.75 Å². The summed E-state index contributed by atoms with van der Waals surface area (Å²) in [6, 6.07) is 13.9. The smallest absolute Gasteiger partial charge is 0.264 e. The fourth-order valence-corrected chi connectivity index (χ4v) is 3.56. The zero-order valence-corrected chi connectivity index (χ0v) is 14.0. The topological polar surface area (TPSA) is 50.7 Å². The molecule has 4 rings (SSSR count). The predicted octanol–water partition coefficient (Wildman–Crippen LogP) is 3.82. The Hall–Kier alpha value is -2.53. The van der Waals surface area contributed by atoms with Crippen molar-refractivity contribution in [3.05, 3.63) is 64.1 Å². The molecular formula is C19H16N2O2S. The Balaban J connectivity index is 1.59. The van der Waals surface area contributed by atoms with Crippen molar-refractivity contribution in [3.63, 3.8) is 0 Å². The number of benzene rings is 2. The fourth-order valence-electron chi connectivity index (χ4n) is 2.73. The maximum atomic E-state index is 12.2. The van der Waals surface area contributed by atoms with Crippen molar-refractivity contribution in [3.8, 4) is 5.75 Å². The summed E-state index contributed by atoms with van der Waals surface area (Å²) >= 11 is 1.37. The van der Waals surface area contributed by atoms with E-state index in [9.17, 15) is 4.79 Å². The number of hydrogen-bond acceptors (Lipinski definition) is 4. The number of rotatable bonds is 2. The molecule has 0 saturated carbocycles. The Labute approximate surface area is 144 Å². The standard InChI is InChI=1S/C19H16N2O2S/c1-12-4-2-3-5-15(12)20-19-21-18(22)17(24-19)11-13-6-7-16-14(10-13)8-9-23-16/h2-7,10-11H,8-9H2,1H3,(H,20,21,22)/b17-11+. The van der Waals surface area contributed by atoms with Crippen LogP contribution >= 0.6 is 11.8 Å². The van der Waals surface area contributed by atoms with E-state index in [1.165, 1.54) is 17.3 Å². The van der Waals surface area contributed by atoms with E-state index >= 15 is 0 Å². The highest BCUT2D eigenvalue weighted by molar-refractivity contribution is 8.18. The summed E-state index contributed by atoms with van der Waals surface area (Å²) in [6.45, 7) is 2.74. The second-order valence-corrected chi connectivity index (χ2v) is 6.76. The average molecular weight is 336 g/mol. The minimum Gasteiger partial charge on any atom is -0.493 e. The van der Waals surface area contributed by atoms with Crippen LogP contribution in [-0.4, -0.2) is 17.7 Å². The maximum absolute atomic E-state index is 12.2. The van der Waals surface area contributed by atoms with Crippen LogP contribution < -0.4 is 10.1 Å². The molecule has 0 aliphatic carbocycles. The largest absolute Gasteiger partial charge is 0.493 e. The number of fused-ring (bicyclic) bond motifs is 1. The van der Waals surface area contributed by atoms with E-state index in [1.54, 1.807) is 0 Å². The SMILES string of the molecule is Cc1ccccc1N=C1NC(=O)/C(=C\c2ccc3c(c2)CCO3)S1. The van der Waals surface area contributed by atoms with Gasteiger partial charge in [-0.05, 0) is 59.7 Å². The van der Waals surface area contributed by atoms with Gasteiger partial charge >= 0.3 is 0 Å². The van der Waals surface area contributed by atoms with E-state index < -0.39 is 0 Å². The molecule has 1 amide bonds. The number of ether oxygens (including phenoxy) is 1. The summed E-state index contributed by atoms with van der Waals surface area (Å²) in [5, 5.41) is 3.45. The number of thioether (sulfide) groups is 1. The number of nitrogens with one attached hydrogen (secondary N) is 1. The van der Waals surface area contributed by atoms with Crippen molar-refractivity contribution in [2.75, 3.05) is 6.61 Å². The molecule has 0 spiro atoms. The highest BCUT2D eigenvalue weighted by Crippen LogP contribution is 2.31. The summed E-state index contributed by atoms with van der Waals surface area (Å²) < 4.78 is 5.51. The lowest BCUT2D eigenvalue weighted by Gasteiger charge is -2.00. The van der Waals surface area contributed by atoms with E-state index in [2.05, 4.69) is 16.4 Å². The Morgan fingerprint density at radius 3 is 3.00 bits per heavy atom. The molecule has 2 heterocycles. The highest BCUT2D eigenvalue weighted by Gasteiger charge is 2.24. The number of hydrogen-bond donors (Lipinski definition) is 1. The Kier molecular flexibility index (Phi) is 3.86. The van der Waals surface area contributed by atoms with E-state index in [4.69, 9.17) is 4.74 Å². The van der Waals surface area contributed by atoms with Gasteiger partial charge in [-0.15, -0.1) is 0 Å². The quantitative estimate of drug-likeness (QED) is 0.848. The molecule has 1 N–H and O–H groups in total. The normalized spacial score (nSPS) is 19.5. The molecule has 2 aliphatic rings. The first-order valence-corrected chi connectivity index (χ1v) is 8.62. The van der Waals surface area contributed by atoms with Crippen LogP contribution in [0.25, 0.3) is 6.08 Å². The molecule has 24 heavy (non-hydrogen) atoms. The van der Waals surface area contributed by atoms with E-state index in [1.807, 2.05) is 49.4 Å². The molecule has 5 heteroatoms. The van der Waals surface area contributed by atoms with Crippen LogP contribution in [0.4, 0.5) is 5.69 Å². The van der Waals surface area contributed by atoms with Gasteiger partial charge in [0.2, 0.25) is 0 Å². The lowest BCUT2D eigenvalue weighted by atomic mass is 10.1. The molecule has 0 bridgehead atoms. The Morgan fingerprint density at radius 1 is 1.25 bits per heavy atom. The summed E-state index contributed by atoms with van der Waals surface area (Å²) in [7, 11) is 0. The summed E-state index contributed by atoms with van der Waals surface area (Å²) in [6.07, 6.45) is 2.82. The second-order valence-electron chi connectivity index (χ2n) is 5.73. The van der Waals surface area contributed by atoms with Gasteiger partial charge < -0.3 is 10.1 Å². The third-order valence-corrected chi connectivity index (χ3v) is 4.91. The first kappa shape index (κ1) is 15.0. The van der Waals surface area contributed by atoms with Crippen molar-refractivity contribution in [2.45, 2.75) is 13.3 Å². The average Bonchev–Trinajstić information content (AvgIpc) is 3.16. The van der Waals surface area contributed by atoms with Gasteiger partial charge in [0.15, 0.2) is 5.17 Å². The van der Waals surface area contributed by atoms with Gasteiger partial charge in [-0.1, -0.05) is 24.3 Å².